The third-order valence-corrected chi connectivity index (χ3v) is 3.57. The average Bonchev–Trinajstić information content (AvgIpc) is 2.39. The van der Waals surface area contributed by atoms with E-state index in [-0.39, 0.29) is 23.8 Å². The summed E-state index contributed by atoms with van der Waals surface area (Å²) in [5, 5.41) is 12.1. The van der Waals surface area contributed by atoms with Crippen molar-refractivity contribution in [3.05, 3.63) is 29.8 Å². The Hall–Kier alpha value is -1.59. The molecule has 1 saturated carbocycles. The van der Waals surface area contributed by atoms with Gasteiger partial charge in [0, 0.05) is 12.6 Å². The molecule has 1 atom stereocenters. The highest BCUT2D eigenvalue weighted by Gasteiger charge is 2.31. The van der Waals surface area contributed by atoms with Crippen molar-refractivity contribution in [1.29, 1.82) is 0 Å². The maximum atomic E-state index is 12.0. The summed E-state index contributed by atoms with van der Waals surface area (Å²) in [7, 11) is 0. The second kappa shape index (κ2) is 6.72. The number of aromatic hydroxyl groups is 1. The minimum atomic E-state index is -0.564. The number of phenols is 1. The zero-order valence-corrected chi connectivity index (χ0v) is 11.7. The Morgan fingerprint density at radius 2 is 2.10 bits per heavy atom. The van der Waals surface area contributed by atoms with Crippen molar-refractivity contribution in [2.45, 2.75) is 44.4 Å². The van der Waals surface area contributed by atoms with Crippen molar-refractivity contribution in [1.82, 2.24) is 5.32 Å². The molecule has 4 N–H and O–H groups in total. The van der Waals surface area contributed by atoms with E-state index < -0.39 is 6.04 Å². The van der Waals surface area contributed by atoms with Gasteiger partial charge in [-0.05, 0) is 43.9 Å². The fourth-order valence-electron chi connectivity index (χ4n) is 2.34. The molecule has 20 heavy (non-hydrogen) atoms. The van der Waals surface area contributed by atoms with E-state index in [9.17, 15) is 9.90 Å². The largest absolute Gasteiger partial charge is 0.508 e. The summed E-state index contributed by atoms with van der Waals surface area (Å²) >= 11 is 0. The van der Waals surface area contributed by atoms with Gasteiger partial charge in [-0.15, -0.1) is 0 Å². The Morgan fingerprint density at radius 3 is 2.70 bits per heavy atom. The van der Waals surface area contributed by atoms with Crippen LogP contribution in [0.2, 0.25) is 0 Å². The Labute approximate surface area is 119 Å². The van der Waals surface area contributed by atoms with Crippen LogP contribution in [0.15, 0.2) is 24.3 Å². The van der Waals surface area contributed by atoms with Gasteiger partial charge in [-0.2, -0.15) is 0 Å². The lowest BCUT2D eigenvalue weighted by Crippen LogP contribution is -2.52. The molecular formula is C15H22N2O3. The Bertz CT molecular complexity index is 441. The molecule has 0 heterocycles. The number of hydrogen-bond acceptors (Lipinski definition) is 4. The summed E-state index contributed by atoms with van der Waals surface area (Å²) in [5.74, 6) is 0.0845. The summed E-state index contributed by atoms with van der Waals surface area (Å²) in [5.41, 5.74) is 6.84. The van der Waals surface area contributed by atoms with Gasteiger partial charge in [0.05, 0.1) is 12.1 Å². The van der Waals surface area contributed by atoms with Crippen molar-refractivity contribution < 1.29 is 14.6 Å². The topological polar surface area (TPSA) is 84.6 Å². The number of rotatable bonds is 6. The van der Waals surface area contributed by atoms with Gasteiger partial charge in [-0.25, -0.2) is 0 Å². The molecule has 5 heteroatoms. The van der Waals surface area contributed by atoms with E-state index in [0.717, 1.165) is 18.4 Å². The second-order valence-corrected chi connectivity index (χ2v) is 5.23. The molecule has 1 unspecified atom stereocenters. The lowest BCUT2D eigenvalue weighted by atomic mass is 9.89. The minimum absolute atomic E-state index is 0.127. The number of nitrogens with one attached hydrogen (secondary N) is 1. The first-order valence-electron chi connectivity index (χ1n) is 7.04. The van der Waals surface area contributed by atoms with Crippen LogP contribution in [0.3, 0.4) is 0 Å². The SMILES string of the molecule is CCOC1CC(NC(=O)C(N)Cc2ccc(O)cc2)C1. The minimum Gasteiger partial charge on any atom is -0.508 e. The quantitative estimate of drug-likeness (QED) is 0.723. The van der Waals surface area contributed by atoms with Gasteiger partial charge < -0.3 is 20.9 Å². The van der Waals surface area contributed by atoms with E-state index in [1.165, 1.54) is 0 Å². The standard InChI is InChI=1S/C15H22N2O3/c1-2-20-13-8-11(9-13)17-15(19)14(16)7-10-3-5-12(18)6-4-10/h3-6,11,13-14,18H,2,7-9,16H2,1H3,(H,17,19). The summed E-state index contributed by atoms with van der Waals surface area (Å²) in [4.78, 5) is 12.0. The van der Waals surface area contributed by atoms with E-state index in [0.29, 0.717) is 13.0 Å². The van der Waals surface area contributed by atoms with Crippen molar-refractivity contribution in [2.24, 2.45) is 5.73 Å². The molecule has 0 spiro atoms. The van der Waals surface area contributed by atoms with Gasteiger partial charge in [0.25, 0.3) is 0 Å². The Balaban J connectivity index is 1.74. The van der Waals surface area contributed by atoms with Gasteiger partial charge >= 0.3 is 0 Å². The maximum Gasteiger partial charge on any atom is 0.237 e. The molecule has 0 aliphatic heterocycles. The number of hydrogen-bond donors (Lipinski definition) is 3. The number of ether oxygens (including phenoxy) is 1. The third kappa shape index (κ3) is 3.95. The summed E-state index contributed by atoms with van der Waals surface area (Å²) in [6.07, 6.45) is 2.48. The van der Waals surface area contributed by atoms with E-state index in [2.05, 4.69) is 5.32 Å². The van der Waals surface area contributed by atoms with Crippen LogP contribution in [0, 0.1) is 0 Å². The highest BCUT2D eigenvalue weighted by Crippen LogP contribution is 2.23. The van der Waals surface area contributed by atoms with E-state index in [1.807, 2.05) is 6.92 Å². The van der Waals surface area contributed by atoms with E-state index in [4.69, 9.17) is 10.5 Å². The van der Waals surface area contributed by atoms with Gasteiger partial charge in [0.2, 0.25) is 5.91 Å². The molecule has 0 radical (unpaired) electrons. The number of amides is 1. The van der Waals surface area contributed by atoms with Crippen molar-refractivity contribution in [3.8, 4) is 5.75 Å². The molecule has 1 fully saturated rings. The summed E-state index contributed by atoms with van der Waals surface area (Å²) in [6.45, 7) is 2.69. The molecule has 1 amide bonds. The number of carbonyl (C=O) groups excluding carboxylic acids is 1. The molecule has 0 aromatic heterocycles. The predicted octanol–water partition coefficient (Wildman–Crippen LogP) is 0.946. The van der Waals surface area contributed by atoms with Crippen LogP contribution in [0.1, 0.15) is 25.3 Å². The van der Waals surface area contributed by atoms with Crippen molar-refractivity contribution >= 4 is 5.91 Å². The van der Waals surface area contributed by atoms with Gasteiger partial charge in [0.15, 0.2) is 0 Å². The van der Waals surface area contributed by atoms with Gasteiger partial charge in [0.1, 0.15) is 5.75 Å². The highest BCUT2D eigenvalue weighted by molar-refractivity contribution is 5.82. The molecule has 0 saturated heterocycles. The molecule has 1 aromatic carbocycles. The zero-order chi connectivity index (χ0) is 14.5. The lowest BCUT2D eigenvalue weighted by Gasteiger charge is -2.35. The number of carbonyl (C=O) groups is 1. The fourth-order valence-corrected chi connectivity index (χ4v) is 2.34. The maximum absolute atomic E-state index is 12.0. The lowest BCUT2D eigenvalue weighted by molar-refractivity contribution is -0.124. The van der Waals surface area contributed by atoms with Crippen LogP contribution in [-0.2, 0) is 16.0 Å². The van der Waals surface area contributed by atoms with Crippen LogP contribution in [0.5, 0.6) is 5.75 Å². The summed E-state index contributed by atoms with van der Waals surface area (Å²) < 4.78 is 5.45. The smallest absolute Gasteiger partial charge is 0.237 e. The van der Waals surface area contributed by atoms with Crippen LogP contribution in [-0.4, -0.2) is 35.8 Å². The van der Waals surface area contributed by atoms with Crippen LogP contribution >= 0.6 is 0 Å². The molecule has 1 aromatic rings. The average molecular weight is 278 g/mol. The predicted molar refractivity (Wildman–Crippen MR) is 76.4 cm³/mol. The number of nitrogens with two attached hydrogens (primary N) is 1. The van der Waals surface area contributed by atoms with Crippen molar-refractivity contribution in [3.63, 3.8) is 0 Å². The molecule has 110 valence electrons. The zero-order valence-electron chi connectivity index (χ0n) is 11.7. The fraction of sp³-hybridized carbons (Fsp3) is 0.533. The Kier molecular flexibility index (Phi) is 4.98. The molecule has 5 nitrogen and oxygen atoms in total. The van der Waals surface area contributed by atoms with E-state index in [1.54, 1.807) is 24.3 Å². The normalized spacial score (nSPS) is 22.9. The monoisotopic (exact) mass is 278 g/mol. The van der Waals surface area contributed by atoms with Crippen molar-refractivity contribution in [2.75, 3.05) is 6.61 Å². The molecule has 1 aliphatic carbocycles. The highest BCUT2D eigenvalue weighted by atomic mass is 16.5. The molecular weight excluding hydrogens is 256 g/mol. The van der Waals surface area contributed by atoms with Crippen LogP contribution in [0.4, 0.5) is 0 Å². The van der Waals surface area contributed by atoms with Gasteiger partial charge in [-0.3, -0.25) is 4.79 Å². The second-order valence-electron chi connectivity index (χ2n) is 5.23. The number of benzene rings is 1. The first-order valence-corrected chi connectivity index (χ1v) is 7.04. The first kappa shape index (κ1) is 14.8. The van der Waals surface area contributed by atoms with Crippen LogP contribution in [0.25, 0.3) is 0 Å². The first-order chi connectivity index (χ1) is 9.58. The summed E-state index contributed by atoms with van der Waals surface area (Å²) in [6, 6.07) is 6.36. The molecule has 1 aliphatic rings. The third-order valence-electron chi connectivity index (χ3n) is 3.57. The van der Waals surface area contributed by atoms with Crippen LogP contribution < -0.4 is 11.1 Å². The van der Waals surface area contributed by atoms with Gasteiger partial charge in [-0.1, -0.05) is 12.1 Å². The van der Waals surface area contributed by atoms with E-state index >= 15 is 0 Å². The Morgan fingerprint density at radius 1 is 1.45 bits per heavy atom. The number of phenolic OH excluding ortho intramolecular Hbond substituents is 1. The molecule has 0 bridgehead atoms. The molecule has 2 rings (SSSR count).